The zero-order valence-corrected chi connectivity index (χ0v) is 15.2. The first kappa shape index (κ1) is 18.8. The summed E-state index contributed by atoms with van der Waals surface area (Å²) in [4.78, 5) is 12.2. The average Bonchev–Trinajstić information content (AvgIpc) is 2.60. The Morgan fingerprint density at radius 3 is 2.28 bits per heavy atom. The average molecular weight is 363 g/mol. The number of anilines is 1. The highest BCUT2D eigenvalue weighted by Gasteiger charge is 2.17. The van der Waals surface area contributed by atoms with Crippen molar-refractivity contribution in [3.63, 3.8) is 0 Å². The van der Waals surface area contributed by atoms with Crippen molar-refractivity contribution in [3.8, 4) is 0 Å². The molecule has 0 radical (unpaired) electrons. The Balaban J connectivity index is 1.85. The minimum absolute atomic E-state index is 0.147. The quantitative estimate of drug-likeness (QED) is 0.708. The number of aromatic nitrogens is 2. The summed E-state index contributed by atoms with van der Waals surface area (Å²) in [7, 11) is -0.576. The van der Waals surface area contributed by atoms with Crippen molar-refractivity contribution in [2.45, 2.75) is 11.8 Å². The van der Waals surface area contributed by atoms with E-state index in [2.05, 4.69) is 20.8 Å². The van der Waals surface area contributed by atoms with Gasteiger partial charge in [0.25, 0.3) is 5.91 Å². The van der Waals surface area contributed by atoms with E-state index in [1.807, 2.05) is 19.1 Å². The Morgan fingerprint density at radius 1 is 1.04 bits per heavy atom. The van der Waals surface area contributed by atoms with Gasteiger partial charge in [0, 0.05) is 32.7 Å². The van der Waals surface area contributed by atoms with Gasteiger partial charge in [0.15, 0.2) is 0 Å². The monoisotopic (exact) mass is 363 g/mol. The molecule has 0 bridgehead atoms. The van der Waals surface area contributed by atoms with Gasteiger partial charge >= 0.3 is 0 Å². The molecule has 1 aromatic carbocycles. The fraction of sp³-hybridized carbons (Fsp3) is 0.312. The van der Waals surface area contributed by atoms with Crippen molar-refractivity contribution in [1.29, 1.82) is 0 Å². The SMILES string of the molecule is Cc1ccc(NCCNC(=O)c2ccc(S(=O)(=O)N(C)C)cc2)nn1. The zero-order chi connectivity index (χ0) is 18.4. The number of carbonyl (C=O) groups excluding carboxylic acids is 1. The first-order chi connectivity index (χ1) is 11.8. The predicted octanol–water partition coefficient (Wildman–Crippen LogP) is 0.877. The second-order valence-corrected chi connectivity index (χ2v) is 7.71. The molecule has 9 heteroatoms. The minimum atomic E-state index is -3.50. The predicted molar refractivity (Wildman–Crippen MR) is 94.9 cm³/mol. The van der Waals surface area contributed by atoms with Crippen LogP contribution in [0.2, 0.25) is 0 Å². The maximum atomic E-state index is 12.1. The normalized spacial score (nSPS) is 11.4. The van der Waals surface area contributed by atoms with E-state index in [1.54, 1.807) is 0 Å². The smallest absolute Gasteiger partial charge is 0.251 e. The summed E-state index contributed by atoms with van der Waals surface area (Å²) in [5, 5.41) is 13.7. The van der Waals surface area contributed by atoms with Crippen LogP contribution in [0, 0.1) is 6.92 Å². The molecule has 0 atom stereocenters. The molecule has 2 aromatic rings. The van der Waals surface area contributed by atoms with E-state index < -0.39 is 10.0 Å². The van der Waals surface area contributed by atoms with Gasteiger partial charge in [-0.25, -0.2) is 12.7 Å². The summed E-state index contributed by atoms with van der Waals surface area (Å²) in [6.45, 7) is 2.74. The van der Waals surface area contributed by atoms with Gasteiger partial charge in [0.05, 0.1) is 10.6 Å². The van der Waals surface area contributed by atoms with Crippen LogP contribution in [0.25, 0.3) is 0 Å². The summed E-state index contributed by atoms with van der Waals surface area (Å²) in [5.74, 6) is 0.365. The summed E-state index contributed by atoms with van der Waals surface area (Å²) < 4.78 is 25.1. The topological polar surface area (TPSA) is 104 Å². The highest BCUT2D eigenvalue weighted by Crippen LogP contribution is 2.13. The van der Waals surface area contributed by atoms with E-state index in [1.165, 1.54) is 38.4 Å². The number of amides is 1. The Hall–Kier alpha value is -2.52. The van der Waals surface area contributed by atoms with Crippen LogP contribution in [0.15, 0.2) is 41.3 Å². The van der Waals surface area contributed by atoms with Crippen molar-refractivity contribution in [3.05, 3.63) is 47.7 Å². The highest BCUT2D eigenvalue weighted by molar-refractivity contribution is 7.89. The summed E-state index contributed by atoms with van der Waals surface area (Å²) in [5.41, 5.74) is 1.23. The molecule has 1 heterocycles. The van der Waals surface area contributed by atoms with Crippen molar-refractivity contribution in [2.24, 2.45) is 0 Å². The molecule has 0 saturated heterocycles. The summed E-state index contributed by atoms with van der Waals surface area (Å²) in [6, 6.07) is 9.48. The maximum absolute atomic E-state index is 12.1. The summed E-state index contributed by atoms with van der Waals surface area (Å²) >= 11 is 0. The molecule has 1 amide bonds. The second kappa shape index (κ2) is 8.04. The molecule has 1 aromatic heterocycles. The minimum Gasteiger partial charge on any atom is -0.367 e. The number of hydrogen-bond donors (Lipinski definition) is 2. The van der Waals surface area contributed by atoms with E-state index in [0.717, 1.165) is 10.00 Å². The third-order valence-electron chi connectivity index (χ3n) is 3.41. The van der Waals surface area contributed by atoms with E-state index in [0.29, 0.717) is 24.5 Å². The van der Waals surface area contributed by atoms with E-state index in [-0.39, 0.29) is 10.8 Å². The van der Waals surface area contributed by atoms with Gasteiger partial charge in [0.1, 0.15) is 5.82 Å². The van der Waals surface area contributed by atoms with Gasteiger partial charge in [-0.2, -0.15) is 5.10 Å². The third-order valence-corrected chi connectivity index (χ3v) is 5.24. The molecule has 0 fully saturated rings. The Labute approximate surface area is 147 Å². The van der Waals surface area contributed by atoms with Gasteiger partial charge < -0.3 is 10.6 Å². The van der Waals surface area contributed by atoms with E-state index >= 15 is 0 Å². The van der Waals surface area contributed by atoms with E-state index in [4.69, 9.17) is 0 Å². The van der Waals surface area contributed by atoms with Gasteiger partial charge in [-0.15, -0.1) is 5.10 Å². The third kappa shape index (κ3) is 4.97. The molecular formula is C16H21N5O3S. The lowest BCUT2D eigenvalue weighted by atomic mass is 10.2. The van der Waals surface area contributed by atoms with Crippen molar-refractivity contribution in [1.82, 2.24) is 19.8 Å². The number of rotatable bonds is 7. The van der Waals surface area contributed by atoms with Crippen LogP contribution in [0.5, 0.6) is 0 Å². The van der Waals surface area contributed by atoms with Crippen LogP contribution in [-0.4, -0.2) is 56.0 Å². The molecule has 8 nitrogen and oxygen atoms in total. The van der Waals surface area contributed by atoms with Gasteiger partial charge in [0.2, 0.25) is 10.0 Å². The van der Waals surface area contributed by atoms with Gasteiger partial charge in [-0.1, -0.05) is 0 Å². The lowest BCUT2D eigenvalue weighted by Crippen LogP contribution is -2.29. The molecule has 0 saturated carbocycles. The lowest BCUT2D eigenvalue weighted by molar-refractivity contribution is 0.0955. The Bertz CT molecular complexity index is 818. The van der Waals surface area contributed by atoms with Crippen molar-refractivity contribution >= 4 is 21.7 Å². The number of hydrogen-bond acceptors (Lipinski definition) is 6. The fourth-order valence-electron chi connectivity index (χ4n) is 1.95. The zero-order valence-electron chi connectivity index (χ0n) is 14.4. The second-order valence-electron chi connectivity index (χ2n) is 5.55. The van der Waals surface area contributed by atoms with E-state index in [9.17, 15) is 13.2 Å². The summed E-state index contributed by atoms with van der Waals surface area (Å²) in [6.07, 6.45) is 0. The molecule has 0 aliphatic heterocycles. The number of carbonyl (C=O) groups is 1. The fourth-order valence-corrected chi connectivity index (χ4v) is 2.85. The van der Waals surface area contributed by atoms with Crippen LogP contribution in [0.1, 0.15) is 16.1 Å². The van der Waals surface area contributed by atoms with Crippen LogP contribution in [0.3, 0.4) is 0 Å². The van der Waals surface area contributed by atoms with Crippen LogP contribution < -0.4 is 10.6 Å². The molecule has 0 aliphatic carbocycles. The van der Waals surface area contributed by atoms with Crippen molar-refractivity contribution in [2.75, 3.05) is 32.5 Å². The highest BCUT2D eigenvalue weighted by atomic mass is 32.2. The molecular weight excluding hydrogens is 342 g/mol. The molecule has 2 N–H and O–H groups in total. The Morgan fingerprint density at radius 2 is 1.72 bits per heavy atom. The largest absolute Gasteiger partial charge is 0.367 e. The standard InChI is InChI=1S/C16H21N5O3S/c1-12-4-9-15(20-19-12)17-10-11-18-16(22)13-5-7-14(8-6-13)25(23,24)21(2)3/h4-9H,10-11H2,1-3H3,(H,17,20)(H,18,22). The number of benzene rings is 1. The van der Waals surface area contributed by atoms with Crippen LogP contribution in [0.4, 0.5) is 5.82 Å². The molecule has 0 unspecified atom stereocenters. The molecule has 0 aliphatic rings. The molecule has 0 spiro atoms. The first-order valence-corrected chi connectivity index (χ1v) is 9.10. The number of sulfonamides is 1. The number of aryl methyl sites for hydroxylation is 1. The maximum Gasteiger partial charge on any atom is 0.251 e. The van der Waals surface area contributed by atoms with Gasteiger partial charge in [-0.3, -0.25) is 4.79 Å². The Kier molecular flexibility index (Phi) is 6.05. The molecule has 134 valence electrons. The van der Waals surface area contributed by atoms with Crippen molar-refractivity contribution < 1.29 is 13.2 Å². The van der Waals surface area contributed by atoms with Gasteiger partial charge in [-0.05, 0) is 43.3 Å². The van der Waals surface area contributed by atoms with Crippen LogP contribution >= 0.6 is 0 Å². The molecule has 2 rings (SSSR count). The molecule has 25 heavy (non-hydrogen) atoms. The number of nitrogens with zero attached hydrogens (tertiary/aromatic N) is 3. The lowest BCUT2D eigenvalue weighted by Gasteiger charge is -2.11. The van der Waals surface area contributed by atoms with Crippen LogP contribution in [-0.2, 0) is 10.0 Å². The first-order valence-electron chi connectivity index (χ1n) is 7.65. The number of nitrogens with one attached hydrogen (secondary N) is 2.